The third-order valence-corrected chi connectivity index (χ3v) is 5.85. The van der Waals surface area contributed by atoms with Gasteiger partial charge in [-0.2, -0.15) is 0 Å². The molecule has 18 heavy (non-hydrogen) atoms. The molecule has 0 aliphatic heterocycles. The van der Waals surface area contributed by atoms with Gasteiger partial charge in [0.05, 0.1) is 5.25 Å². The van der Waals surface area contributed by atoms with E-state index in [4.69, 9.17) is 0 Å². The SMILES string of the molecule is CCNCC(C)S(=O)(=O)NC1CCC(CC)CC1. The molecule has 0 radical (unpaired) electrons. The fourth-order valence-electron chi connectivity index (χ4n) is 2.49. The van der Waals surface area contributed by atoms with Gasteiger partial charge in [-0.05, 0) is 45.1 Å². The summed E-state index contributed by atoms with van der Waals surface area (Å²) in [4.78, 5) is 0. The average Bonchev–Trinajstić information content (AvgIpc) is 2.36. The van der Waals surface area contributed by atoms with E-state index in [1.807, 2.05) is 6.92 Å². The lowest BCUT2D eigenvalue weighted by atomic mass is 9.85. The van der Waals surface area contributed by atoms with Gasteiger partial charge in [0.2, 0.25) is 10.0 Å². The van der Waals surface area contributed by atoms with E-state index in [1.54, 1.807) is 6.92 Å². The molecule has 0 aromatic heterocycles. The van der Waals surface area contributed by atoms with E-state index in [2.05, 4.69) is 17.0 Å². The second kappa shape index (κ2) is 7.46. The Morgan fingerprint density at radius 1 is 1.17 bits per heavy atom. The van der Waals surface area contributed by atoms with Gasteiger partial charge in [0.25, 0.3) is 0 Å². The predicted molar refractivity (Wildman–Crippen MR) is 76.1 cm³/mol. The van der Waals surface area contributed by atoms with Crippen molar-refractivity contribution in [2.45, 2.75) is 64.2 Å². The molecule has 5 heteroatoms. The molecule has 1 rings (SSSR count). The van der Waals surface area contributed by atoms with E-state index in [1.165, 1.54) is 6.42 Å². The molecule has 1 atom stereocenters. The van der Waals surface area contributed by atoms with E-state index in [0.717, 1.165) is 38.1 Å². The molecule has 4 nitrogen and oxygen atoms in total. The molecular weight excluding hydrogens is 248 g/mol. The smallest absolute Gasteiger partial charge is 0.215 e. The van der Waals surface area contributed by atoms with Crippen LogP contribution in [0.5, 0.6) is 0 Å². The van der Waals surface area contributed by atoms with Crippen LogP contribution in [0.4, 0.5) is 0 Å². The number of hydrogen-bond acceptors (Lipinski definition) is 3. The second-order valence-corrected chi connectivity index (χ2v) is 7.54. The zero-order valence-corrected chi connectivity index (χ0v) is 12.7. The largest absolute Gasteiger partial charge is 0.316 e. The zero-order valence-electron chi connectivity index (χ0n) is 11.9. The van der Waals surface area contributed by atoms with Gasteiger partial charge >= 0.3 is 0 Å². The fraction of sp³-hybridized carbons (Fsp3) is 1.00. The van der Waals surface area contributed by atoms with Gasteiger partial charge in [-0.25, -0.2) is 13.1 Å². The minimum Gasteiger partial charge on any atom is -0.316 e. The molecule has 0 aromatic carbocycles. The van der Waals surface area contributed by atoms with Crippen LogP contribution in [-0.2, 0) is 10.0 Å². The summed E-state index contributed by atoms with van der Waals surface area (Å²) in [5.74, 6) is 0.796. The number of rotatable bonds is 7. The molecule has 108 valence electrons. The van der Waals surface area contributed by atoms with Crippen molar-refractivity contribution in [2.24, 2.45) is 5.92 Å². The normalized spacial score (nSPS) is 27.1. The highest BCUT2D eigenvalue weighted by Gasteiger charge is 2.27. The first kappa shape index (κ1) is 15.9. The van der Waals surface area contributed by atoms with Gasteiger partial charge in [-0.15, -0.1) is 0 Å². The summed E-state index contributed by atoms with van der Waals surface area (Å²) in [7, 11) is -3.17. The molecule has 0 bridgehead atoms. The molecule has 0 heterocycles. The molecule has 0 aromatic rings. The topological polar surface area (TPSA) is 58.2 Å². The molecule has 0 spiro atoms. The van der Waals surface area contributed by atoms with E-state index in [9.17, 15) is 8.42 Å². The first-order valence-electron chi connectivity index (χ1n) is 7.21. The molecule has 2 N–H and O–H groups in total. The van der Waals surface area contributed by atoms with Crippen molar-refractivity contribution < 1.29 is 8.42 Å². The fourth-order valence-corrected chi connectivity index (χ4v) is 3.76. The highest BCUT2D eigenvalue weighted by atomic mass is 32.2. The molecule has 1 saturated carbocycles. The van der Waals surface area contributed by atoms with Crippen LogP contribution in [0.3, 0.4) is 0 Å². The van der Waals surface area contributed by atoms with E-state index in [0.29, 0.717) is 6.54 Å². The molecule has 1 fully saturated rings. The molecule has 0 saturated heterocycles. The van der Waals surface area contributed by atoms with Crippen LogP contribution < -0.4 is 10.0 Å². The Balaban J connectivity index is 2.41. The third kappa shape index (κ3) is 4.86. The summed E-state index contributed by atoms with van der Waals surface area (Å²) < 4.78 is 27.1. The zero-order chi connectivity index (χ0) is 13.6. The Morgan fingerprint density at radius 3 is 2.28 bits per heavy atom. The van der Waals surface area contributed by atoms with Crippen LogP contribution in [0.15, 0.2) is 0 Å². The standard InChI is InChI=1S/C13H28N2O2S/c1-4-12-6-8-13(9-7-12)15-18(16,17)11(3)10-14-5-2/h11-15H,4-10H2,1-3H3. The predicted octanol–water partition coefficient (Wildman–Crippen LogP) is 1.87. The van der Waals surface area contributed by atoms with Crippen LogP contribution in [0, 0.1) is 5.92 Å². The van der Waals surface area contributed by atoms with Crippen molar-refractivity contribution in [1.82, 2.24) is 10.0 Å². The van der Waals surface area contributed by atoms with Crippen LogP contribution in [0.1, 0.15) is 52.9 Å². The van der Waals surface area contributed by atoms with Gasteiger partial charge in [-0.1, -0.05) is 20.3 Å². The van der Waals surface area contributed by atoms with Gasteiger partial charge in [-0.3, -0.25) is 0 Å². The Kier molecular flexibility index (Phi) is 6.60. The maximum atomic E-state index is 12.1. The summed E-state index contributed by atoms with van der Waals surface area (Å²) >= 11 is 0. The van der Waals surface area contributed by atoms with Crippen molar-refractivity contribution in [3.8, 4) is 0 Å². The molecule has 1 aliphatic rings. The van der Waals surface area contributed by atoms with Crippen molar-refractivity contribution in [3.63, 3.8) is 0 Å². The summed E-state index contributed by atoms with van der Waals surface area (Å²) in [5, 5.41) is 2.73. The summed E-state index contributed by atoms with van der Waals surface area (Å²) in [6.45, 7) is 7.30. The lowest BCUT2D eigenvalue weighted by molar-refractivity contribution is 0.306. The number of hydrogen-bond donors (Lipinski definition) is 2. The van der Waals surface area contributed by atoms with E-state index in [-0.39, 0.29) is 11.3 Å². The summed E-state index contributed by atoms with van der Waals surface area (Å²) in [5.41, 5.74) is 0. The summed E-state index contributed by atoms with van der Waals surface area (Å²) in [6, 6.07) is 0.155. The maximum absolute atomic E-state index is 12.1. The van der Waals surface area contributed by atoms with Crippen LogP contribution in [0.25, 0.3) is 0 Å². The van der Waals surface area contributed by atoms with Crippen LogP contribution in [0.2, 0.25) is 0 Å². The van der Waals surface area contributed by atoms with Gasteiger partial charge in [0.1, 0.15) is 0 Å². The highest BCUT2D eigenvalue weighted by Crippen LogP contribution is 2.26. The maximum Gasteiger partial charge on any atom is 0.215 e. The number of nitrogens with one attached hydrogen (secondary N) is 2. The van der Waals surface area contributed by atoms with Crippen molar-refractivity contribution in [2.75, 3.05) is 13.1 Å². The molecule has 0 amide bonds. The number of sulfonamides is 1. The van der Waals surface area contributed by atoms with E-state index >= 15 is 0 Å². The lowest BCUT2D eigenvalue weighted by Gasteiger charge is -2.29. The monoisotopic (exact) mass is 276 g/mol. The molecule has 1 aliphatic carbocycles. The van der Waals surface area contributed by atoms with Gasteiger partial charge in [0, 0.05) is 12.6 Å². The minimum absolute atomic E-state index is 0.155. The molecule has 1 unspecified atom stereocenters. The van der Waals surface area contributed by atoms with Crippen LogP contribution in [-0.4, -0.2) is 32.8 Å². The third-order valence-electron chi connectivity index (χ3n) is 3.97. The van der Waals surface area contributed by atoms with Gasteiger partial charge < -0.3 is 5.32 Å². The summed E-state index contributed by atoms with van der Waals surface area (Å²) in [6.07, 6.45) is 5.52. The minimum atomic E-state index is -3.17. The Bertz CT molecular complexity index is 322. The van der Waals surface area contributed by atoms with E-state index < -0.39 is 10.0 Å². The second-order valence-electron chi connectivity index (χ2n) is 5.41. The van der Waals surface area contributed by atoms with Crippen molar-refractivity contribution >= 4 is 10.0 Å². The van der Waals surface area contributed by atoms with Crippen molar-refractivity contribution in [3.05, 3.63) is 0 Å². The molecular formula is C13H28N2O2S. The Labute approximate surface area is 112 Å². The van der Waals surface area contributed by atoms with Gasteiger partial charge in [0.15, 0.2) is 0 Å². The van der Waals surface area contributed by atoms with Crippen molar-refractivity contribution in [1.29, 1.82) is 0 Å². The quantitative estimate of drug-likeness (QED) is 0.746. The highest BCUT2D eigenvalue weighted by molar-refractivity contribution is 7.90. The lowest BCUT2D eigenvalue weighted by Crippen LogP contribution is -2.44. The first-order valence-corrected chi connectivity index (χ1v) is 8.76. The first-order chi connectivity index (χ1) is 8.49. The average molecular weight is 276 g/mol. The van der Waals surface area contributed by atoms with Crippen LogP contribution >= 0.6 is 0 Å². The Morgan fingerprint density at radius 2 is 1.78 bits per heavy atom. The Hall–Kier alpha value is -0.130.